The Kier molecular flexibility index (Phi) is 5.18. The minimum Gasteiger partial charge on any atom is -0.391 e. The van der Waals surface area contributed by atoms with E-state index in [-0.39, 0.29) is 12.2 Å². The zero-order valence-corrected chi connectivity index (χ0v) is 10.5. The quantitative estimate of drug-likeness (QED) is 0.720. The fraction of sp³-hybridized carbons (Fsp3) is 1.00. The van der Waals surface area contributed by atoms with Gasteiger partial charge in [-0.2, -0.15) is 0 Å². The van der Waals surface area contributed by atoms with Crippen LogP contribution in [0.5, 0.6) is 0 Å². The van der Waals surface area contributed by atoms with E-state index < -0.39 is 11.7 Å². The molecular weight excluding hydrogens is 208 g/mol. The maximum Gasteiger partial charge on any atom is 0.0838 e. The highest BCUT2D eigenvalue weighted by molar-refractivity contribution is 4.80. The van der Waals surface area contributed by atoms with Crippen LogP contribution in [0.2, 0.25) is 0 Å². The lowest BCUT2D eigenvalue weighted by Gasteiger charge is -2.25. The Labute approximate surface area is 97.6 Å². The molecule has 1 saturated carbocycles. The molecule has 16 heavy (non-hydrogen) atoms. The third-order valence-electron chi connectivity index (χ3n) is 2.59. The average Bonchev–Trinajstić information content (AvgIpc) is 2.57. The third kappa shape index (κ3) is 5.25. The molecule has 3 unspecified atom stereocenters. The van der Waals surface area contributed by atoms with Crippen LogP contribution in [0.1, 0.15) is 40.0 Å². The first-order chi connectivity index (χ1) is 7.38. The Bertz CT molecular complexity index is 198. The normalized spacial score (nSPS) is 28.3. The summed E-state index contributed by atoms with van der Waals surface area (Å²) in [6, 6.07) is 0. The Morgan fingerprint density at radius 1 is 1.25 bits per heavy atom. The second-order valence-electron chi connectivity index (χ2n) is 5.31. The van der Waals surface area contributed by atoms with E-state index in [1.807, 2.05) is 0 Å². The summed E-state index contributed by atoms with van der Waals surface area (Å²) in [6.07, 6.45) is 2.72. The fourth-order valence-corrected chi connectivity index (χ4v) is 1.85. The van der Waals surface area contributed by atoms with Gasteiger partial charge < -0.3 is 19.7 Å². The Balaban J connectivity index is 2.29. The predicted octanol–water partition coefficient (Wildman–Crippen LogP) is 1.09. The Morgan fingerprint density at radius 2 is 1.81 bits per heavy atom. The smallest absolute Gasteiger partial charge is 0.0838 e. The number of aliphatic hydroxyl groups excluding tert-OH is 1. The van der Waals surface area contributed by atoms with Gasteiger partial charge in [0.05, 0.1) is 37.1 Å². The van der Waals surface area contributed by atoms with E-state index in [0.717, 1.165) is 19.3 Å². The molecule has 3 atom stereocenters. The van der Waals surface area contributed by atoms with Crippen LogP contribution in [0, 0.1) is 0 Å². The van der Waals surface area contributed by atoms with Crippen molar-refractivity contribution in [2.75, 3.05) is 13.2 Å². The van der Waals surface area contributed by atoms with Crippen molar-refractivity contribution in [3.63, 3.8) is 0 Å². The summed E-state index contributed by atoms with van der Waals surface area (Å²) in [5, 5.41) is 18.7. The van der Waals surface area contributed by atoms with Crippen LogP contribution in [0.4, 0.5) is 0 Å². The van der Waals surface area contributed by atoms with Gasteiger partial charge in [-0.15, -0.1) is 0 Å². The van der Waals surface area contributed by atoms with Crippen molar-refractivity contribution in [3.8, 4) is 0 Å². The molecule has 0 aliphatic heterocycles. The van der Waals surface area contributed by atoms with E-state index >= 15 is 0 Å². The molecule has 0 aromatic heterocycles. The first-order valence-electron chi connectivity index (χ1n) is 6.02. The van der Waals surface area contributed by atoms with Crippen molar-refractivity contribution in [3.05, 3.63) is 0 Å². The van der Waals surface area contributed by atoms with Crippen LogP contribution in [0.15, 0.2) is 0 Å². The molecule has 0 bridgehead atoms. The summed E-state index contributed by atoms with van der Waals surface area (Å²) in [5.41, 5.74) is -0.794. The minimum atomic E-state index is -0.794. The molecule has 1 rings (SSSR count). The van der Waals surface area contributed by atoms with E-state index in [2.05, 4.69) is 0 Å². The summed E-state index contributed by atoms with van der Waals surface area (Å²) in [4.78, 5) is 0. The second kappa shape index (κ2) is 5.96. The zero-order chi connectivity index (χ0) is 12.2. The lowest BCUT2D eigenvalue weighted by Crippen LogP contribution is -2.34. The van der Waals surface area contributed by atoms with E-state index in [1.54, 1.807) is 20.8 Å². The van der Waals surface area contributed by atoms with E-state index in [1.165, 1.54) is 0 Å². The molecule has 4 heteroatoms. The van der Waals surface area contributed by atoms with Crippen LogP contribution in [0.25, 0.3) is 0 Å². The van der Waals surface area contributed by atoms with Crippen molar-refractivity contribution in [1.29, 1.82) is 0 Å². The largest absolute Gasteiger partial charge is 0.391 e. The number of rotatable bonds is 6. The summed E-state index contributed by atoms with van der Waals surface area (Å²) in [7, 11) is 0. The van der Waals surface area contributed by atoms with Gasteiger partial charge in [-0.1, -0.05) is 0 Å². The summed E-state index contributed by atoms with van der Waals surface area (Å²) < 4.78 is 11.2. The van der Waals surface area contributed by atoms with Crippen molar-refractivity contribution >= 4 is 0 Å². The average molecular weight is 232 g/mol. The van der Waals surface area contributed by atoms with E-state index in [9.17, 15) is 5.11 Å². The molecule has 2 N–H and O–H groups in total. The molecule has 1 aliphatic rings. The fourth-order valence-electron chi connectivity index (χ4n) is 1.85. The molecule has 0 saturated heterocycles. The van der Waals surface area contributed by atoms with Crippen molar-refractivity contribution in [1.82, 2.24) is 0 Å². The lowest BCUT2D eigenvalue weighted by molar-refractivity contribution is -0.107. The van der Waals surface area contributed by atoms with Gasteiger partial charge in [0, 0.05) is 0 Å². The maximum atomic E-state index is 9.58. The molecule has 0 spiro atoms. The molecular formula is C12H24O4. The van der Waals surface area contributed by atoms with Crippen LogP contribution in [0.3, 0.4) is 0 Å². The first kappa shape index (κ1) is 13.9. The van der Waals surface area contributed by atoms with Crippen molar-refractivity contribution < 1.29 is 19.7 Å². The molecule has 0 heterocycles. The maximum absolute atomic E-state index is 9.58. The zero-order valence-electron chi connectivity index (χ0n) is 10.5. The highest BCUT2D eigenvalue weighted by Gasteiger charge is 2.30. The number of hydrogen-bond acceptors (Lipinski definition) is 4. The predicted molar refractivity (Wildman–Crippen MR) is 61.3 cm³/mol. The molecule has 1 fully saturated rings. The Morgan fingerprint density at radius 3 is 2.31 bits per heavy atom. The molecule has 4 nitrogen and oxygen atoms in total. The van der Waals surface area contributed by atoms with Gasteiger partial charge in [-0.25, -0.2) is 0 Å². The summed E-state index contributed by atoms with van der Waals surface area (Å²) >= 11 is 0. The van der Waals surface area contributed by atoms with E-state index in [4.69, 9.17) is 14.6 Å². The molecule has 0 radical (unpaired) electrons. The van der Waals surface area contributed by atoms with Gasteiger partial charge in [-0.3, -0.25) is 0 Å². The topological polar surface area (TPSA) is 58.9 Å². The van der Waals surface area contributed by atoms with Gasteiger partial charge in [0.1, 0.15) is 0 Å². The van der Waals surface area contributed by atoms with Gasteiger partial charge in [-0.05, 0) is 40.0 Å². The van der Waals surface area contributed by atoms with Crippen molar-refractivity contribution in [2.45, 2.75) is 63.9 Å². The summed E-state index contributed by atoms with van der Waals surface area (Å²) in [6.45, 7) is 5.85. The standard InChI is InChI=1S/C12H24O4/c1-9(13)7-15-10-5-4-6-11(10)16-8-12(2,3)14/h9-11,13-14H,4-8H2,1-3H3. The van der Waals surface area contributed by atoms with Crippen LogP contribution in [-0.2, 0) is 9.47 Å². The van der Waals surface area contributed by atoms with Crippen LogP contribution < -0.4 is 0 Å². The SMILES string of the molecule is CC(O)COC1CCCC1OCC(C)(C)O. The molecule has 0 aromatic carbocycles. The summed E-state index contributed by atoms with van der Waals surface area (Å²) in [5.74, 6) is 0. The molecule has 96 valence electrons. The minimum absolute atomic E-state index is 0.0603. The highest BCUT2D eigenvalue weighted by Crippen LogP contribution is 2.25. The second-order valence-corrected chi connectivity index (χ2v) is 5.31. The third-order valence-corrected chi connectivity index (χ3v) is 2.59. The number of ether oxygens (including phenoxy) is 2. The first-order valence-corrected chi connectivity index (χ1v) is 6.02. The number of aliphatic hydroxyl groups is 2. The monoisotopic (exact) mass is 232 g/mol. The molecule has 0 aromatic rings. The van der Waals surface area contributed by atoms with Gasteiger partial charge in [0.15, 0.2) is 0 Å². The van der Waals surface area contributed by atoms with Crippen LogP contribution >= 0.6 is 0 Å². The van der Waals surface area contributed by atoms with Crippen LogP contribution in [-0.4, -0.2) is 47.3 Å². The van der Waals surface area contributed by atoms with Crippen molar-refractivity contribution in [2.24, 2.45) is 0 Å². The lowest BCUT2D eigenvalue weighted by atomic mass is 10.1. The van der Waals surface area contributed by atoms with E-state index in [0.29, 0.717) is 13.2 Å². The molecule has 0 amide bonds. The Hall–Kier alpha value is -0.160. The van der Waals surface area contributed by atoms with Gasteiger partial charge in [0.25, 0.3) is 0 Å². The number of hydrogen-bond donors (Lipinski definition) is 2. The molecule has 1 aliphatic carbocycles. The van der Waals surface area contributed by atoms with Gasteiger partial charge >= 0.3 is 0 Å². The van der Waals surface area contributed by atoms with Gasteiger partial charge in [0.2, 0.25) is 0 Å². The highest BCUT2D eigenvalue weighted by atomic mass is 16.6.